The van der Waals surface area contributed by atoms with E-state index in [1.54, 1.807) is 54.6 Å². The molecule has 3 aromatic carbocycles. The third kappa shape index (κ3) is 5.80. The van der Waals surface area contributed by atoms with Crippen molar-refractivity contribution in [1.29, 1.82) is 0 Å². The van der Waals surface area contributed by atoms with Crippen LogP contribution in [0.2, 0.25) is 0 Å². The van der Waals surface area contributed by atoms with Crippen LogP contribution in [0.5, 0.6) is 5.75 Å². The van der Waals surface area contributed by atoms with Gasteiger partial charge in [0.15, 0.2) is 5.65 Å². The van der Waals surface area contributed by atoms with Gasteiger partial charge in [0.25, 0.3) is 11.5 Å². The second-order valence-electron chi connectivity index (χ2n) is 10.6. The molecule has 11 heteroatoms. The van der Waals surface area contributed by atoms with E-state index in [1.165, 1.54) is 22.8 Å². The molecule has 3 heterocycles. The van der Waals surface area contributed by atoms with Gasteiger partial charge in [0.05, 0.1) is 16.9 Å². The van der Waals surface area contributed by atoms with Crippen LogP contribution in [0.15, 0.2) is 89.7 Å². The van der Waals surface area contributed by atoms with Crippen LogP contribution in [-0.2, 0) is 6.54 Å². The molecule has 0 radical (unpaired) electrons. The first-order valence-corrected chi connectivity index (χ1v) is 14.2. The molecule has 11 nitrogen and oxygen atoms in total. The van der Waals surface area contributed by atoms with E-state index in [-0.39, 0.29) is 29.3 Å². The van der Waals surface area contributed by atoms with Crippen LogP contribution in [0.1, 0.15) is 32.0 Å². The quantitative estimate of drug-likeness (QED) is 0.258. The number of carboxylic acid groups (broad SMARTS) is 1. The van der Waals surface area contributed by atoms with Crippen molar-refractivity contribution in [3.8, 4) is 11.4 Å². The van der Waals surface area contributed by atoms with Gasteiger partial charge in [-0.1, -0.05) is 12.1 Å². The summed E-state index contributed by atoms with van der Waals surface area (Å²) in [7, 11) is 0. The molecule has 0 atom stereocenters. The molecule has 1 aliphatic heterocycles. The fraction of sp³-hybridized carbons (Fsp3) is 0.182. The van der Waals surface area contributed by atoms with Crippen molar-refractivity contribution in [1.82, 2.24) is 19.9 Å². The number of carboxylic acids is 1. The van der Waals surface area contributed by atoms with E-state index in [4.69, 9.17) is 15.1 Å². The number of aromatic nitrogens is 3. The topological polar surface area (TPSA) is 141 Å². The Morgan fingerprint density at radius 2 is 1.39 bits per heavy atom. The summed E-state index contributed by atoms with van der Waals surface area (Å²) in [5.41, 5.74) is 3.98. The third-order valence-corrected chi connectivity index (χ3v) is 7.75. The Bertz CT molecular complexity index is 1900. The Hall–Kier alpha value is -5.71. The van der Waals surface area contributed by atoms with Crippen LogP contribution in [0, 0.1) is 6.92 Å². The maximum Gasteiger partial charge on any atom is 0.335 e. The van der Waals surface area contributed by atoms with Crippen molar-refractivity contribution in [2.45, 2.75) is 13.5 Å². The number of pyridine rings is 1. The zero-order chi connectivity index (χ0) is 30.8. The Morgan fingerprint density at radius 1 is 0.773 bits per heavy atom. The molecule has 1 saturated heterocycles. The van der Waals surface area contributed by atoms with Crippen molar-refractivity contribution < 1.29 is 19.8 Å². The number of aromatic hydroxyl groups is 1. The van der Waals surface area contributed by atoms with Gasteiger partial charge in [0.2, 0.25) is 5.95 Å². The monoisotopic (exact) mass is 590 g/mol. The molecule has 0 saturated carbocycles. The number of carbonyl (C=O) groups excluding carboxylic acids is 1. The summed E-state index contributed by atoms with van der Waals surface area (Å²) >= 11 is 0. The Kier molecular flexibility index (Phi) is 7.67. The lowest BCUT2D eigenvalue weighted by atomic mass is 10.1. The molecule has 0 unspecified atom stereocenters. The number of nitrogens with one attached hydrogen (secondary N) is 1. The van der Waals surface area contributed by atoms with Gasteiger partial charge in [-0.05, 0) is 79.2 Å². The molecule has 5 aromatic rings. The maximum atomic E-state index is 13.1. The number of nitrogens with zero attached hydrogens (tertiary/aromatic N) is 5. The van der Waals surface area contributed by atoms with E-state index in [2.05, 4.69) is 15.1 Å². The van der Waals surface area contributed by atoms with Crippen LogP contribution in [0.3, 0.4) is 0 Å². The summed E-state index contributed by atoms with van der Waals surface area (Å²) in [4.78, 5) is 51.0. The van der Waals surface area contributed by atoms with Crippen molar-refractivity contribution in [3.05, 3.63) is 118 Å². The van der Waals surface area contributed by atoms with Gasteiger partial charge in [0.1, 0.15) is 5.75 Å². The number of carbonyl (C=O) groups is 2. The molecular weight excluding hydrogens is 560 g/mol. The van der Waals surface area contributed by atoms with Crippen LogP contribution in [-0.4, -0.2) is 62.8 Å². The number of phenols is 1. The smallest absolute Gasteiger partial charge is 0.335 e. The summed E-state index contributed by atoms with van der Waals surface area (Å²) in [6.07, 6.45) is 0. The number of amides is 1. The molecule has 222 valence electrons. The van der Waals surface area contributed by atoms with E-state index in [0.29, 0.717) is 35.9 Å². The summed E-state index contributed by atoms with van der Waals surface area (Å²) in [5.74, 6) is -0.518. The number of hydrogen-bond donors (Lipinski definition) is 3. The first-order valence-electron chi connectivity index (χ1n) is 14.2. The molecule has 2 aromatic heterocycles. The highest BCUT2D eigenvalue weighted by molar-refractivity contribution is 5.94. The summed E-state index contributed by atoms with van der Waals surface area (Å²) in [5, 5.41) is 22.2. The lowest BCUT2D eigenvalue weighted by molar-refractivity contribution is 0.0696. The van der Waals surface area contributed by atoms with Crippen molar-refractivity contribution in [2.24, 2.45) is 0 Å². The molecule has 6 rings (SSSR count). The molecule has 3 N–H and O–H groups in total. The van der Waals surface area contributed by atoms with Gasteiger partial charge in [-0.3, -0.25) is 14.2 Å². The second kappa shape index (κ2) is 11.9. The predicted molar refractivity (Wildman–Crippen MR) is 167 cm³/mol. The molecule has 1 fully saturated rings. The van der Waals surface area contributed by atoms with E-state index in [0.717, 1.165) is 35.4 Å². The average Bonchev–Trinajstić information content (AvgIpc) is 3.04. The van der Waals surface area contributed by atoms with E-state index < -0.39 is 5.97 Å². The average molecular weight is 591 g/mol. The zero-order valence-electron chi connectivity index (χ0n) is 24.0. The highest BCUT2D eigenvalue weighted by Gasteiger charge is 2.21. The minimum absolute atomic E-state index is 0.181. The maximum absolute atomic E-state index is 13.1. The lowest BCUT2D eigenvalue weighted by Crippen LogP contribution is -2.47. The van der Waals surface area contributed by atoms with E-state index in [9.17, 15) is 19.5 Å². The summed E-state index contributed by atoms with van der Waals surface area (Å²) in [6.45, 7) is 5.03. The number of aryl methyl sites for hydroxylation is 1. The number of aromatic carboxylic acids is 1. The zero-order valence-corrected chi connectivity index (χ0v) is 24.0. The predicted octanol–water partition coefficient (Wildman–Crippen LogP) is 3.75. The molecular formula is C33H30N6O5. The minimum Gasteiger partial charge on any atom is -0.508 e. The van der Waals surface area contributed by atoms with Gasteiger partial charge < -0.3 is 25.3 Å². The molecule has 0 spiro atoms. The number of phenolic OH excluding ortho intramolecular Hbond substituents is 1. The lowest BCUT2D eigenvalue weighted by Gasteiger charge is -2.36. The van der Waals surface area contributed by atoms with Gasteiger partial charge in [0, 0.05) is 55.4 Å². The Balaban J connectivity index is 1.21. The highest BCUT2D eigenvalue weighted by Crippen LogP contribution is 2.24. The van der Waals surface area contributed by atoms with Gasteiger partial charge in [-0.15, -0.1) is 0 Å². The normalized spacial score (nSPS) is 13.2. The van der Waals surface area contributed by atoms with Gasteiger partial charge in [-0.2, -0.15) is 4.98 Å². The standard InChI is InChI=1S/C33H30N6O5/c1-21-28-14-15-29(41)39(26-8-6-23(7-9-26)31(42)34-20-22-2-4-24(5-3-22)32(43)44)30(28)36-33(35-21)38-18-16-37(17-19-38)25-10-12-27(40)13-11-25/h2-15,40H,16-20H2,1H3,(H,34,42)(H,43,44). The van der Waals surface area contributed by atoms with Gasteiger partial charge >= 0.3 is 5.97 Å². The second-order valence-corrected chi connectivity index (χ2v) is 10.6. The number of fused-ring (bicyclic) bond motifs is 1. The largest absolute Gasteiger partial charge is 0.508 e. The first-order chi connectivity index (χ1) is 21.3. The number of piperazine rings is 1. The molecule has 0 bridgehead atoms. The number of anilines is 2. The molecule has 44 heavy (non-hydrogen) atoms. The van der Waals surface area contributed by atoms with Crippen molar-refractivity contribution in [3.63, 3.8) is 0 Å². The SMILES string of the molecule is Cc1nc(N2CCN(c3ccc(O)cc3)CC2)nc2c1ccc(=O)n2-c1ccc(C(=O)NCc2ccc(C(=O)O)cc2)cc1. The Morgan fingerprint density at radius 3 is 2.05 bits per heavy atom. The third-order valence-electron chi connectivity index (χ3n) is 7.75. The van der Waals surface area contributed by atoms with E-state index in [1.807, 2.05) is 19.1 Å². The molecule has 1 amide bonds. The fourth-order valence-electron chi connectivity index (χ4n) is 5.28. The number of hydrogen-bond acceptors (Lipinski definition) is 8. The first kappa shape index (κ1) is 28.4. The summed E-state index contributed by atoms with van der Waals surface area (Å²) in [6, 6.07) is 23.4. The van der Waals surface area contributed by atoms with Crippen LogP contribution in [0.25, 0.3) is 16.7 Å². The molecule has 1 aliphatic rings. The van der Waals surface area contributed by atoms with Crippen molar-refractivity contribution in [2.75, 3.05) is 36.0 Å². The number of benzene rings is 3. The Labute approximate surface area is 252 Å². The molecule has 0 aliphatic carbocycles. The minimum atomic E-state index is -1.01. The fourth-order valence-corrected chi connectivity index (χ4v) is 5.28. The van der Waals surface area contributed by atoms with Crippen LogP contribution < -0.4 is 20.7 Å². The highest BCUT2D eigenvalue weighted by atomic mass is 16.4. The van der Waals surface area contributed by atoms with Gasteiger partial charge in [-0.25, -0.2) is 9.78 Å². The van der Waals surface area contributed by atoms with Crippen LogP contribution >= 0.6 is 0 Å². The van der Waals surface area contributed by atoms with Crippen LogP contribution in [0.4, 0.5) is 11.6 Å². The number of rotatable bonds is 7. The summed E-state index contributed by atoms with van der Waals surface area (Å²) < 4.78 is 1.53. The van der Waals surface area contributed by atoms with Crippen molar-refractivity contribution >= 4 is 34.5 Å². The van der Waals surface area contributed by atoms with E-state index >= 15 is 0 Å².